The summed E-state index contributed by atoms with van der Waals surface area (Å²) in [5.74, 6) is 0. The van der Waals surface area contributed by atoms with E-state index in [1.54, 1.807) is 0 Å². The largest absolute Gasteiger partial charge is 0.135 e. The smallest absolute Gasteiger partial charge is 0.0436 e. The molecule has 6 aromatic carbocycles. The maximum atomic E-state index is 4.07. The van der Waals surface area contributed by atoms with Gasteiger partial charge >= 0.3 is 0 Å². The van der Waals surface area contributed by atoms with E-state index in [1.807, 2.05) is 17.4 Å². The van der Waals surface area contributed by atoms with E-state index in [-0.39, 0.29) is 0 Å². The number of rotatable bonds is 3. The van der Waals surface area contributed by atoms with Crippen LogP contribution in [0.3, 0.4) is 0 Å². The first-order chi connectivity index (χ1) is 20.0. The van der Waals surface area contributed by atoms with E-state index in [4.69, 9.17) is 0 Å². The third-order valence-corrected chi connectivity index (χ3v) is 9.23. The van der Waals surface area contributed by atoms with Crippen LogP contribution in [0.2, 0.25) is 0 Å². The molecule has 0 aliphatic rings. The van der Waals surface area contributed by atoms with Gasteiger partial charge in [0, 0.05) is 25.6 Å². The summed E-state index contributed by atoms with van der Waals surface area (Å²) in [4.78, 5) is 0. The van der Waals surface area contributed by atoms with Gasteiger partial charge in [0.1, 0.15) is 0 Å². The molecule has 1 aromatic heterocycles. The third kappa shape index (κ3) is 4.88. The fourth-order valence-electron chi connectivity index (χ4n) is 5.99. The molecule has 0 aliphatic carbocycles. The number of allylic oxidation sites excluding steroid dienone is 5. The number of fused-ring (bicyclic) bond motifs is 8. The van der Waals surface area contributed by atoms with E-state index in [0.717, 1.165) is 0 Å². The lowest BCUT2D eigenvalue weighted by Gasteiger charge is -2.13. The Morgan fingerprint density at radius 1 is 0.683 bits per heavy atom. The molecule has 7 rings (SSSR count). The van der Waals surface area contributed by atoms with Crippen molar-refractivity contribution < 1.29 is 0 Å². The van der Waals surface area contributed by atoms with Crippen molar-refractivity contribution >= 4 is 69.4 Å². The summed E-state index contributed by atoms with van der Waals surface area (Å²) in [6, 6.07) is 37.2. The van der Waals surface area contributed by atoms with Crippen molar-refractivity contribution in [2.75, 3.05) is 0 Å². The molecule has 0 fully saturated rings. The fourth-order valence-corrected chi connectivity index (χ4v) is 7.31. The molecular weight excluding hydrogens is 513 g/mol. The van der Waals surface area contributed by atoms with Gasteiger partial charge in [0.05, 0.1) is 0 Å². The quantitative estimate of drug-likeness (QED) is 0.153. The summed E-state index contributed by atoms with van der Waals surface area (Å²) in [6.45, 7) is 12.7. The molecular formula is C40H34S. The lowest BCUT2D eigenvalue weighted by atomic mass is 9.91. The van der Waals surface area contributed by atoms with Crippen molar-refractivity contribution in [1.29, 1.82) is 0 Å². The van der Waals surface area contributed by atoms with Gasteiger partial charge in [-0.15, -0.1) is 11.3 Å². The van der Waals surface area contributed by atoms with Crippen LogP contribution < -0.4 is 0 Å². The molecule has 7 aromatic rings. The van der Waals surface area contributed by atoms with Gasteiger partial charge in [-0.2, -0.15) is 0 Å². The summed E-state index contributed by atoms with van der Waals surface area (Å²) in [6.07, 6.45) is 6.22. The Bertz CT molecular complexity index is 2150. The predicted octanol–water partition coefficient (Wildman–Crippen LogP) is 12.4. The first-order valence-electron chi connectivity index (χ1n) is 14.2. The van der Waals surface area contributed by atoms with Crippen LogP contribution in [0, 0.1) is 13.8 Å². The topological polar surface area (TPSA) is 0 Å². The lowest BCUT2D eigenvalue weighted by molar-refractivity contribution is 1.44. The Labute approximate surface area is 246 Å². The van der Waals surface area contributed by atoms with Crippen molar-refractivity contribution in [3.63, 3.8) is 0 Å². The maximum Gasteiger partial charge on any atom is 0.0436 e. The zero-order chi connectivity index (χ0) is 28.5. The summed E-state index contributed by atoms with van der Waals surface area (Å²) in [7, 11) is 0. The first kappa shape index (κ1) is 26.7. The Hall–Kier alpha value is -4.46. The Morgan fingerprint density at radius 3 is 2.12 bits per heavy atom. The van der Waals surface area contributed by atoms with Crippen LogP contribution in [-0.2, 0) is 0 Å². The first-order valence-corrected chi connectivity index (χ1v) is 15.0. The molecule has 0 N–H and O–H groups in total. The second kappa shape index (κ2) is 11.2. The average molecular weight is 547 g/mol. The normalized spacial score (nSPS) is 12.3. The maximum absolute atomic E-state index is 4.07. The molecule has 0 radical (unpaired) electrons. The van der Waals surface area contributed by atoms with E-state index in [2.05, 4.69) is 150 Å². The number of aryl methyl sites for hydroxylation is 2. The molecule has 200 valence electrons. The molecule has 1 heterocycles. The number of hydrogen-bond donors (Lipinski definition) is 0. The minimum Gasteiger partial charge on any atom is -0.135 e. The molecule has 0 unspecified atom stereocenters. The van der Waals surface area contributed by atoms with Crippen molar-refractivity contribution in [1.82, 2.24) is 0 Å². The van der Waals surface area contributed by atoms with Crippen molar-refractivity contribution in [3.05, 3.63) is 150 Å². The third-order valence-electron chi connectivity index (χ3n) is 8.03. The molecule has 0 saturated heterocycles. The van der Waals surface area contributed by atoms with Crippen molar-refractivity contribution in [2.24, 2.45) is 0 Å². The SMILES string of the molecule is C=C/C(=C(C)\C=C/C)c1ccc2ccc3c4ccccc4sc3c2c1C.Cc1ccc2ccc3ccccc3c2c1. The Kier molecular flexibility index (Phi) is 7.30. The van der Waals surface area contributed by atoms with Crippen LogP contribution >= 0.6 is 11.3 Å². The average Bonchev–Trinajstić information content (AvgIpc) is 3.38. The molecule has 1 heteroatoms. The van der Waals surface area contributed by atoms with Crippen LogP contribution in [0.5, 0.6) is 0 Å². The summed E-state index contributed by atoms with van der Waals surface area (Å²) >= 11 is 1.90. The van der Waals surface area contributed by atoms with Crippen LogP contribution in [0.25, 0.3) is 58.1 Å². The van der Waals surface area contributed by atoms with Gasteiger partial charge < -0.3 is 0 Å². The highest BCUT2D eigenvalue weighted by atomic mass is 32.1. The summed E-state index contributed by atoms with van der Waals surface area (Å²) < 4.78 is 2.74. The van der Waals surface area contributed by atoms with E-state index < -0.39 is 0 Å². The van der Waals surface area contributed by atoms with Gasteiger partial charge in [-0.3, -0.25) is 0 Å². The van der Waals surface area contributed by atoms with Gasteiger partial charge in [0.15, 0.2) is 0 Å². The Morgan fingerprint density at radius 2 is 1.34 bits per heavy atom. The molecule has 0 amide bonds. The zero-order valence-corrected chi connectivity index (χ0v) is 25.0. The van der Waals surface area contributed by atoms with Crippen LogP contribution in [0.15, 0.2) is 134 Å². The van der Waals surface area contributed by atoms with E-state index >= 15 is 0 Å². The van der Waals surface area contributed by atoms with E-state index in [1.165, 1.54) is 80.3 Å². The molecule has 41 heavy (non-hydrogen) atoms. The van der Waals surface area contributed by atoms with Gasteiger partial charge in [0.25, 0.3) is 0 Å². The fraction of sp³-hybridized carbons (Fsp3) is 0.100. The van der Waals surface area contributed by atoms with Crippen LogP contribution in [0.1, 0.15) is 30.5 Å². The van der Waals surface area contributed by atoms with E-state index in [9.17, 15) is 0 Å². The van der Waals surface area contributed by atoms with Gasteiger partial charge in [-0.05, 0) is 83.0 Å². The molecule has 0 nitrogen and oxygen atoms in total. The number of thiophene rings is 1. The summed E-state index contributed by atoms with van der Waals surface area (Å²) in [5.41, 5.74) is 6.37. The second-order valence-corrected chi connectivity index (χ2v) is 11.7. The van der Waals surface area contributed by atoms with Gasteiger partial charge in [0.2, 0.25) is 0 Å². The zero-order valence-electron chi connectivity index (χ0n) is 24.2. The molecule has 0 spiro atoms. The predicted molar refractivity (Wildman–Crippen MR) is 185 cm³/mol. The van der Waals surface area contributed by atoms with Crippen LogP contribution in [0.4, 0.5) is 0 Å². The highest BCUT2D eigenvalue weighted by molar-refractivity contribution is 7.26. The molecule has 0 saturated carbocycles. The minimum atomic E-state index is 1.21. The highest BCUT2D eigenvalue weighted by Crippen LogP contribution is 2.41. The Balaban J connectivity index is 0.000000170. The highest BCUT2D eigenvalue weighted by Gasteiger charge is 2.13. The monoisotopic (exact) mass is 546 g/mol. The van der Waals surface area contributed by atoms with Gasteiger partial charge in [-0.25, -0.2) is 0 Å². The minimum absolute atomic E-state index is 1.21. The standard InChI is InChI=1S/C25H22S.C15H12/c1-5-9-16(3)19(6-2)20-14-12-18-13-15-22-21-10-7-8-11-23(21)26-25(22)24(18)17(20)4;1-11-6-7-13-9-8-12-4-2-3-5-14(12)15(13)10-11/h5-15H,2H2,1,3-4H3;2-10H,1H3/b9-5-,19-16+;. The molecule has 0 bridgehead atoms. The lowest BCUT2D eigenvalue weighted by Crippen LogP contribution is -1.91. The van der Waals surface area contributed by atoms with Crippen molar-refractivity contribution in [2.45, 2.75) is 27.7 Å². The van der Waals surface area contributed by atoms with Crippen molar-refractivity contribution in [3.8, 4) is 0 Å². The van der Waals surface area contributed by atoms with Gasteiger partial charge in [-0.1, -0.05) is 127 Å². The molecule has 0 aliphatic heterocycles. The second-order valence-electron chi connectivity index (χ2n) is 10.7. The van der Waals surface area contributed by atoms with E-state index in [0.29, 0.717) is 0 Å². The number of benzene rings is 6. The molecule has 0 atom stereocenters. The number of hydrogen-bond acceptors (Lipinski definition) is 1. The van der Waals surface area contributed by atoms with Crippen LogP contribution in [-0.4, -0.2) is 0 Å². The summed E-state index contributed by atoms with van der Waals surface area (Å²) in [5, 5.41) is 10.7.